The number of rotatable bonds is 2. The molecular formula is C9H15N3OS. The maximum absolute atomic E-state index is 8.92. The van der Waals surface area contributed by atoms with Gasteiger partial charge < -0.3 is 16.2 Å². The molecule has 0 amide bonds. The zero-order valence-electron chi connectivity index (χ0n) is 7.99. The average Bonchev–Trinajstić information content (AvgIpc) is 2.67. The maximum atomic E-state index is 8.92. The monoisotopic (exact) mass is 213 g/mol. The number of nitrogens with zero attached hydrogens (tertiary/aromatic N) is 1. The van der Waals surface area contributed by atoms with Gasteiger partial charge in [0, 0.05) is 5.38 Å². The third-order valence-corrected chi connectivity index (χ3v) is 3.75. The topological polar surface area (TPSA) is 71.2 Å². The Hall–Kier alpha value is -0.490. The highest BCUT2D eigenvalue weighted by molar-refractivity contribution is 7.09. The van der Waals surface area contributed by atoms with Gasteiger partial charge in [0.25, 0.3) is 0 Å². The first-order valence-electron chi connectivity index (χ1n) is 4.80. The van der Waals surface area contributed by atoms with Crippen molar-refractivity contribution in [2.75, 3.05) is 13.1 Å². The zero-order chi connectivity index (χ0) is 10.0. The first-order chi connectivity index (χ1) is 6.74. The summed E-state index contributed by atoms with van der Waals surface area (Å²) in [6, 6.07) is 0. The molecule has 1 aromatic rings. The lowest BCUT2D eigenvalue weighted by molar-refractivity contribution is 0.274. The predicted octanol–water partition coefficient (Wildman–Crippen LogP) is 0.173. The van der Waals surface area contributed by atoms with Crippen molar-refractivity contribution in [3.8, 4) is 0 Å². The summed E-state index contributed by atoms with van der Waals surface area (Å²) >= 11 is 1.56. The molecule has 2 heterocycles. The molecule has 1 aliphatic heterocycles. The SMILES string of the molecule is NC1(c2nc(CO)cs2)CCNCC1. The quantitative estimate of drug-likeness (QED) is 0.655. The van der Waals surface area contributed by atoms with Crippen LogP contribution in [-0.2, 0) is 12.1 Å². The van der Waals surface area contributed by atoms with E-state index in [1.54, 1.807) is 11.3 Å². The molecule has 78 valence electrons. The minimum absolute atomic E-state index is 0.00479. The Morgan fingerprint density at radius 3 is 2.86 bits per heavy atom. The molecule has 2 rings (SSSR count). The first kappa shape index (κ1) is 10.0. The molecule has 14 heavy (non-hydrogen) atoms. The summed E-state index contributed by atoms with van der Waals surface area (Å²) in [5.74, 6) is 0. The Labute approximate surface area is 87.2 Å². The van der Waals surface area contributed by atoms with E-state index in [4.69, 9.17) is 10.8 Å². The van der Waals surface area contributed by atoms with E-state index in [0.29, 0.717) is 0 Å². The summed E-state index contributed by atoms with van der Waals surface area (Å²) in [7, 11) is 0. The van der Waals surface area contributed by atoms with Gasteiger partial charge in [-0.05, 0) is 25.9 Å². The lowest BCUT2D eigenvalue weighted by Crippen LogP contribution is -2.46. The zero-order valence-corrected chi connectivity index (χ0v) is 8.81. The Morgan fingerprint density at radius 2 is 2.29 bits per heavy atom. The van der Waals surface area contributed by atoms with E-state index in [9.17, 15) is 0 Å². The lowest BCUT2D eigenvalue weighted by atomic mass is 9.90. The van der Waals surface area contributed by atoms with Gasteiger partial charge in [-0.3, -0.25) is 0 Å². The van der Waals surface area contributed by atoms with E-state index >= 15 is 0 Å². The molecule has 1 fully saturated rings. The average molecular weight is 213 g/mol. The molecular weight excluding hydrogens is 198 g/mol. The molecule has 0 unspecified atom stereocenters. The number of nitrogens with two attached hydrogens (primary N) is 1. The van der Waals surface area contributed by atoms with Crippen molar-refractivity contribution in [1.29, 1.82) is 0 Å². The second-order valence-corrected chi connectivity index (χ2v) is 4.57. The number of aromatic nitrogens is 1. The Morgan fingerprint density at radius 1 is 1.57 bits per heavy atom. The van der Waals surface area contributed by atoms with Gasteiger partial charge in [0.2, 0.25) is 0 Å². The van der Waals surface area contributed by atoms with Crippen LogP contribution in [0.3, 0.4) is 0 Å². The van der Waals surface area contributed by atoms with Gasteiger partial charge in [0.15, 0.2) is 0 Å². The lowest BCUT2D eigenvalue weighted by Gasteiger charge is -2.31. The normalized spacial score (nSPS) is 21.0. The highest BCUT2D eigenvalue weighted by Gasteiger charge is 2.32. The van der Waals surface area contributed by atoms with Crippen LogP contribution in [-0.4, -0.2) is 23.2 Å². The van der Waals surface area contributed by atoms with E-state index in [2.05, 4.69) is 10.3 Å². The van der Waals surface area contributed by atoms with Gasteiger partial charge >= 0.3 is 0 Å². The molecule has 1 aromatic heterocycles. The summed E-state index contributed by atoms with van der Waals surface area (Å²) in [5, 5.41) is 15.0. The molecule has 1 aliphatic rings. The van der Waals surface area contributed by atoms with Gasteiger partial charge in [-0.2, -0.15) is 0 Å². The van der Waals surface area contributed by atoms with Gasteiger partial charge in [0.05, 0.1) is 17.8 Å². The highest BCUT2D eigenvalue weighted by atomic mass is 32.1. The van der Waals surface area contributed by atoms with E-state index in [-0.39, 0.29) is 12.1 Å². The van der Waals surface area contributed by atoms with E-state index in [1.807, 2.05) is 5.38 Å². The van der Waals surface area contributed by atoms with Crippen molar-refractivity contribution < 1.29 is 5.11 Å². The second-order valence-electron chi connectivity index (χ2n) is 3.71. The highest BCUT2D eigenvalue weighted by Crippen LogP contribution is 2.30. The fraction of sp³-hybridized carbons (Fsp3) is 0.667. The standard InChI is InChI=1S/C9H15N3OS/c10-9(1-3-11-4-2-9)8-12-7(5-13)6-14-8/h6,11,13H,1-5,10H2. The first-order valence-corrected chi connectivity index (χ1v) is 5.68. The third kappa shape index (κ3) is 1.81. The fourth-order valence-electron chi connectivity index (χ4n) is 1.70. The Balaban J connectivity index is 2.19. The summed E-state index contributed by atoms with van der Waals surface area (Å²) in [5.41, 5.74) is 6.73. The maximum Gasteiger partial charge on any atom is 0.113 e. The van der Waals surface area contributed by atoms with E-state index in [0.717, 1.165) is 36.6 Å². The Kier molecular flexibility index (Phi) is 2.83. The largest absolute Gasteiger partial charge is 0.390 e. The van der Waals surface area contributed by atoms with Gasteiger partial charge in [-0.25, -0.2) is 4.98 Å². The molecule has 4 N–H and O–H groups in total. The van der Waals surface area contributed by atoms with Gasteiger partial charge in [-0.15, -0.1) is 11.3 Å². The minimum Gasteiger partial charge on any atom is -0.390 e. The summed E-state index contributed by atoms with van der Waals surface area (Å²) < 4.78 is 0. The van der Waals surface area contributed by atoms with Crippen LogP contribution in [0.25, 0.3) is 0 Å². The molecule has 4 nitrogen and oxygen atoms in total. The molecule has 1 saturated heterocycles. The van der Waals surface area contributed by atoms with Crippen LogP contribution in [0.5, 0.6) is 0 Å². The number of aliphatic hydroxyl groups excluding tert-OH is 1. The molecule has 0 atom stereocenters. The number of aliphatic hydroxyl groups is 1. The number of piperidine rings is 1. The summed E-state index contributed by atoms with van der Waals surface area (Å²) in [6.45, 7) is 1.90. The number of hydrogen-bond acceptors (Lipinski definition) is 5. The summed E-state index contributed by atoms with van der Waals surface area (Å²) in [4.78, 5) is 4.34. The molecule has 0 spiro atoms. The van der Waals surface area contributed by atoms with Crippen LogP contribution in [0.15, 0.2) is 5.38 Å². The number of thiazole rings is 1. The van der Waals surface area contributed by atoms with Crippen molar-refractivity contribution >= 4 is 11.3 Å². The van der Waals surface area contributed by atoms with Crippen LogP contribution in [0.2, 0.25) is 0 Å². The summed E-state index contributed by atoms with van der Waals surface area (Å²) in [6.07, 6.45) is 1.84. The van der Waals surface area contributed by atoms with Crippen LogP contribution < -0.4 is 11.1 Å². The molecule has 0 saturated carbocycles. The smallest absolute Gasteiger partial charge is 0.113 e. The minimum atomic E-state index is -0.274. The van der Waals surface area contributed by atoms with Crippen LogP contribution in [0.4, 0.5) is 0 Å². The van der Waals surface area contributed by atoms with E-state index in [1.165, 1.54) is 0 Å². The van der Waals surface area contributed by atoms with Crippen LogP contribution in [0, 0.1) is 0 Å². The van der Waals surface area contributed by atoms with Gasteiger partial charge in [-0.1, -0.05) is 0 Å². The molecule has 0 aromatic carbocycles. The van der Waals surface area contributed by atoms with Crippen molar-refractivity contribution in [3.05, 3.63) is 16.1 Å². The molecule has 5 heteroatoms. The van der Waals surface area contributed by atoms with Crippen LogP contribution >= 0.6 is 11.3 Å². The van der Waals surface area contributed by atoms with Crippen molar-refractivity contribution in [3.63, 3.8) is 0 Å². The van der Waals surface area contributed by atoms with Crippen LogP contribution in [0.1, 0.15) is 23.5 Å². The fourth-order valence-corrected chi connectivity index (χ4v) is 2.68. The second kappa shape index (κ2) is 3.94. The van der Waals surface area contributed by atoms with E-state index < -0.39 is 0 Å². The number of nitrogens with one attached hydrogen (secondary N) is 1. The molecule has 0 bridgehead atoms. The predicted molar refractivity (Wildman–Crippen MR) is 56.0 cm³/mol. The number of hydrogen-bond donors (Lipinski definition) is 3. The van der Waals surface area contributed by atoms with Crippen molar-refractivity contribution in [2.24, 2.45) is 5.73 Å². The van der Waals surface area contributed by atoms with Gasteiger partial charge in [0.1, 0.15) is 5.01 Å². The third-order valence-electron chi connectivity index (χ3n) is 2.64. The Bertz CT molecular complexity index is 307. The molecule has 0 aliphatic carbocycles. The van der Waals surface area contributed by atoms with Crippen molar-refractivity contribution in [2.45, 2.75) is 25.0 Å². The molecule has 0 radical (unpaired) electrons. The van der Waals surface area contributed by atoms with Crippen molar-refractivity contribution in [1.82, 2.24) is 10.3 Å².